The molecule has 3 rings (SSSR count). The predicted octanol–water partition coefficient (Wildman–Crippen LogP) is 5.22. The lowest BCUT2D eigenvalue weighted by molar-refractivity contribution is 0.634. The van der Waals surface area contributed by atoms with Gasteiger partial charge in [-0.3, -0.25) is 0 Å². The minimum Gasteiger partial charge on any atom is -0.306 e. The fourth-order valence-electron chi connectivity index (χ4n) is 2.80. The molecule has 1 N–H and O–H groups in total. The van der Waals surface area contributed by atoms with E-state index in [1.54, 1.807) is 0 Å². The minimum absolute atomic E-state index is 0.261. The van der Waals surface area contributed by atoms with E-state index in [4.69, 9.17) is 0 Å². The first kappa shape index (κ1) is 14.3. The summed E-state index contributed by atoms with van der Waals surface area (Å²) in [6.07, 6.45) is 0. The lowest BCUT2D eigenvalue weighted by atomic mass is 9.95. The minimum atomic E-state index is 0.261. The van der Waals surface area contributed by atoms with Crippen molar-refractivity contribution in [1.29, 1.82) is 0 Å². The van der Waals surface area contributed by atoms with E-state index >= 15 is 0 Å². The van der Waals surface area contributed by atoms with Gasteiger partial charge in [0.05, 0.1) is 6.04 Å². The zero-order chi connectivity index (χ0) is 14.8. The van der Waals surface area contributed by atoms with Crippen LogP contribution >= 0.6 is 11.3 Å². The summed E-state index contributed by atoms with van der Waals surface area (Å²) in [5.41, 5.74) is 5.44. The Morgan fingerprint density at radius 2 is 1.90 bits per heavy atom. The first-order valence-electron chi connectivity index (χ1n) is 7.47. The van der Waals surface area contributed by atoms with Crippen molar-refractivity contribution in [3.8, 4) is 0 Å². The van der Waals surface area contributed by atoms with E-state index < -0.39 is 0 Å². The van der Waals surface area contributed by atoms with Gasteiger partial charge in [-0.05, 0) is 59.5 Å². The van der Waals surface area contributed by atoms with Gasteiger partial charge < -0.3 is 5.32 Å². The van der Waals surface area contributed by atoms with Gasteiger partial charge in [0.15, 0.2) is 0 Å². The number of nitrogens with one attached hydrogen (secondary N) is 1. The van der Waals surface area contributed by atoms with Crippen molar-refractivity contribution in [2.45, 2.75) is 26.8 Å². The number of aryl methyl sites for hydroxylation is 2. The third-order valence-electron chi connectivity index (χ3n) is 4.09. The molecular weight excluding hydrogens is 274 g/mol. The molecule has 0 aliphatic carbocycles. The summed E-state index contributed by atoms with van der Waals surface area (Å²) in [4.78, 5) is 0. The van der Waals surface area contributed by atoms with Crippen LogP contribution in [0.15, 0.2) is 47.8 Å². The molecule has 3 aromatic rings. The Hall–Kier alpha value is -1.64. The molecule has 1 unspecified atom stereocenters. The quantitative estimate of drug-likeness (QED) is 0.696. The van der Waals surface area contributed by atoms with E-state index in [2.05, 4.69) is 73.9 Å². The highest BCUT2D eigenvalue weighted by atomic mass is 32.1. The molecule has 1 atom stereocenters. The number of rotatable bonds is 4. The summed E-state index contributed by atoms with van der Waals surface area (Å²) in [5.74, 6) is 0. The van der Waals surface area contributed by atoms with Crippen molar-refractivity contribution in [3.63, 3.8) is 0 Å². The van der Waals surface area contributed by atoms with Crippen LogP contribution in [0.4, 0.5) is 0 Å². The van der Waals surface area contributed by atoms with Gasteiger partial charge >= 0.3 is 0 Å². The van der Waals surface area contributed by atoms with Crippen LogP contribution < -0.4 is 5.32 Å². The molecule has 2 heteroatoms. The normalized spacial score (nSPS) is 12.7. The van der Waals surface area contributed by atoms with Gasteiger partial charge in [0.1, 0.15) is 0 Å². The number of thiophene rings is 1. The third kappa shape index (κ3) is 2.74. The van der Waals surface area contributed by atoms with Crippen LogP contribution in [0.25, 0.3) is 10.1 Å². The molecule has 0 fully saturated rings. The molecule has 0 saturated heterocycles. The Kier molecular flexibility index (Phi) is 4.09. The average molecular weight is 295 g/mol. The van der Waals surface area contributed by atoms with Gasteiger partial charge in [-0.1, -0.05) is 43.3 Å². The highest BCUT2D eigenvalue weighted by Crippen LogP contribution is 2.32. The maximum absolute atomic E-state index is 3.65. The summed E-state index contributed by atoms with van der Waals surface area (Å²) < 4.78 is 1.39. The van der Waals surface area contributed by atoms with Crippen LogP contribution in [-0.2, 0) is 0 Å². The molecular formula is C19H21NS. The number of benzene rings is 2. The van der Waals surface area contributed by atoms with E-state index in [-0.39, 0.29) is 6.04 Å². The van der Waals surface area contributed by atoms with E-state index in [1.807, 2.05) is 11.3 Å². The summed E-state index contributed by atoms with van der Waals surface area (Å²) in [5, 5.41) is 7.17. The van der Waals surface area contributed by atoms with Gasteiger partial charge in [-0.2, -0.15) is 0 Å². The Labute approximate surface area is 130 Å². The van der Waals surface area contributed by atoms with E-state index in [9.17, 15) is 0 Å². The van der Waals surface area contributed by atoms with Crippen molar-refractivity contribution in [3.05, 3.63) is 70.1 Å². The molecule has 0 bridgehead atoms. The van der Waals surface area contributed by atoms with Gasteiger partial charge in [0.2, 0.25) is 0 Å². The standard InChI is InChI=1S/C19H21NS/c1-4-20-18(16-9-8-13(2)14(3)12-16)17-7-5-6-15-10-11-21-19(15)17/h5-12,18,20H,4H2,1-3H3. The van der Waals surface area contributed by atoms with E-state index in [1.165, 1.54) is 32.3 Å². The van der Waals surface area contributed by atoms with Crippen molar-refractivity contribution < 1.29 is 0 Å². The molecule has 2 aromatic carbocycles. The fraction of sp³-hybridized carbons (Fsp3) is 0.263. The first-order valence-corrected chi connectivity index (χ1v) is 8.35. The average Bonchev–Trinajstić information content (AvgIpc) is 2.96. The van der Waals surface area contributed by atoms with Crippen molar-refractivity contribution in [1.82, 2.24) is 5.32 Å². The Balaban J connectivity index is 2.13. The topological polar surface area (TPSA) is 12.0 Å². The fourth-order valence-corrected chi connectivity index (χ4v) is 3.74. The maximum atomic E-state index is 3.65. The lowest BCUT2D eigenvalue weighted by Gasteiger charge is -2.21. The Morgan fingerprint density at radius 3 is 2.67 bits per heavy atom. The second-order valence-electron chi connectivity index (χ2n) is 5.52. The number of hydrogen-bond donors (Lipinski definition) is 1. The zero-order valence-electron chi connectivity index (χ0n) is 12.8. The predicted molar refractivity (Wildman–Crippen MR) is 93.3 cm³/mol. The molecule has 0 radical (unpaired) electrons. The molecule has 1 nitrogen and oxygen atoms in total. The summed E-state index contributed by atoms with van der Waals surface area (Å²) >= 11 is 1.83. The SMILES string of the molecule is CCNC(c1ccc(C)c(C)c1)c1cccc2ccsc12. The highest BCUT2D eigenvalue weighted by Gasteiger charge is 2.16. The summed E-state index contributed by atoms with van der Waals surface area (Å²) in [7, 11) is 0. The number of fused-ring (bicyclic) bond motifs is 1. The van der Waals surface area contributed by atoms with Gasteiger partial charge in [0.25, 0.3) is 0 Å². The summed E-state index contributed by atoms with van der Waals surface area (Å²) in [6, 6.07) is 15.9. The van der Waals surface area contributed by atoms with Gasteiger partial charge in [-0.25, -0.2) is 0 Å². The van der Waals surface area contributed by atoms with Crippen LogP contribution in [0.2, 0.25) is 0 Å². The van der Waals surface area contributed by atoms with E-state index in [0.29, 0.717) is 0 Å². The third-order valence-corrected chi connectivity index (χ3v) is 5.07. The first-order chi connectivity index (χ1) is 10.2. The van der Waals surface area contributed by atoms with E-state index in [0.717, 1.165) is 6.54 Å². The number of hydrogen-bond acceptors (Lipinski definition) is 2. The molecule has 0 amide bonds. The molecule has 0 aliphatic rings. The Bertz CT molecular complexity index is 757. The van der Waals surface area contributed by atoms with Crippen molar-refractivity contribution in [2.24, 2.45) is 0 Å². The molecule has 0 saturated carbocycles. The molecule has 21 heavy (non-hydrogen) atoms. The molecule has 1 heterocycles. The van der Waals surface area contributed by atoms with Crippen molar-refractivity contribution >= 4 is 21.4 Å². The zero-order valence-corrected chi connectivity index (χ0v) is 13.6. The van der Waals surface area contributed by atoms with Crippen LogP contribution in [0, 0.1) is 13.8 Å². The second kappa shape index (κ2) is 6.00. The lowest BCUT2D eigenvalue weighted by Crippen LogP contribution is -2.22. The molecule has 1 aromatic heterocycles. The van der Waals surface area contributed by atoms with Gasteiger partial charge in [-0.15, -0.1) is 11.3 Å². The molecule has 108 valence electrons. The molecule has 0 spiro atoms. The monoisotopic (exact) mass is 295 g/mol. The van der Waals surface area contributed by atoms with Crippen LogP contribution in [0.5, 0.6) is 0 Å². The summed E-state index contributed by atoms with van der Waals surface area (Å²) in [6.45, 7) is 7.48. The largest absolute Gasteiger partial charge is 0.306 e. The second-order valence-corrected chi connectivity index (χ2v) is 6.44. The Morgan fingerprint density at radius 1 is 1.05 bits per heavy atom. The maximum Gasteiger partial charge on any atom is 0.0590 e. The van der Waals surface area contributed by atoms with Crippen molar-refractivity contribution in [2.75, 3.05) is 6.54 Å². The van der Waals surface area contributed by atoms with Crippen LogP contribution in [-0.4, -0.2) is 6.54 Å². The van der Waals surface area contributed by atoms with Gasteiger partial charge in [0, 0.05) is 4.70 Å². The van der Waals surface area contributed by atoms with Crippen LogP contribution in [0.1, 0.15) is 35.2 Å². The molecule has 0 aliphatic heterocycles. The van der Waals surface area contributed by atoms with Crippen LogP contribution in [0.3, 0.4) is 0 Å². The smallest absolute Gasteiger partial charge is 0.0590 e. The highest BCUT2D eigenvalue weighted by molar-refractivity contribution is 7.17.